The van der Waals surface area contributed by atoms with E-state index in [-0.39, 0.29) is 57.4 Å². The number of aromatic nitrogens is 3. The molecule has 1 saturated heterocycles. The van der Waals surface area contributed by atoms with Gasteiger partial charge in [-0.3, -0.25) is 13.9 Å². The van der Waals surface area contributed by atoms with Crippen LogP contribution >= 0.6 is 22.6 Å². The number of halogens is 2. The van der Waals surface area contributed by atoms with Gasteiger partial charge in [-0.15, -0.1) is 4.40 Å². The van der Waals surface area contributed by atoms with E-state index < -0.39 is 16.8 Å². The van der Waals surface area contributed by atoms with Crippen LogP contribution in [0.3, 0.4) is 0 Å². The maximum atomic E-state index is 15.0. The highest BCUT2D eigenvalue weighted by Gasteiger charge is 2.43. The van der Waals surface area contributed by atoms with Crippen LogP contribution in [0, 0.1) is 5.82 Å². The fraction of sp³-hybridized carbons (Fsp3) is 0.321. The van der Waals surface area contributed by atoms with Crippen LogP contribution in [0.1, 0.15) is 38.4 Å². The Hall–Kier alpha value is -3.78. The Kier molecular flexibility index (Phi) is 8.12. The first kappa shape index (κ1) is 29.7. The lowest BCUT2D eigenvalue weighted by Crippen LogP contribution is -2.59. The summed E-state index contributed by atoms with van der Waals surface area (Å²) in [4.78, 5) is 29.3. The van der Waals surface area contributed by atoms with Gasteiger partial charge in [0, 0.05) is 30.7 Å². The molecular weight excluding hydrogens is 583 g/mol. The topological polar surface area (TPSA) is 144 Å². The number of nitrogens with two attached hydrogens (primary N) is 1. The van der Waals surface area contributed by atoms with Gasteiger partial charge in [0.15, 0.2) is 17.5 Å². The van der Waals surface area contributed by atoms with E-state index in [0.717, 1.165) is 4.31 Å². The summed E-state index contributed by atoms with van der Waals surface area (Å²) in [6, 6.07) is 7.11. The Bertz CT molecular complexity index is 1590. The number of carbonyl (C=O) groups excluding carboxylic acids is 1. The zero-order valence-electron chi connectivity index (χ0n) is 23.4. The minimum atomic E-state index is -4.03. The summed E-state index contributed by atoms with van der Waals surface area (Å²) >= 11 is 6.74. The molecule has 2 aliphatic heterocycles. The zero-order chi connectivity index (χ0) is 30.3. The van der Waals surface area contributed by atoms with Crippen LogP contribution in [0.25, 0.3) is 11.3 Å². The summed E-state index contributed by atoms with van der Waals surface area (Å²) in [5.74, 6) is -0.452. The predicted octanol–water partition coefficient (Wildman–Crippen LogP) is 5.45. The van der Waals surface area contributed by atoms with Gasteiger partial charge in [-0.2, -0.15) is 4.31 Å². The molecule has 5 rings (SSSR count). The lowest BCUT2D eigenvalue weighted by Gasteiger charge is -2.49. The van der Waals surface area contributed by atoms with E-state index in [1.165, 1.54) is 24.5 Å². The summed E-state index contributed by atoms with van der Waals surface area (Å²) in [7, 11) is -4.03. The molecule has 0 radical (unpaired) electrons. The molecule has 2 aromatic heterocycles. The molecule has 0 unspecified atom stereocenters. The number of nitrogen functional groups attached to an aromatic ring is 1. The van der Waals surface area contributed by atoms with Gasteiger partial charge < -0.3 is 15.5 Å². The summed E-state index contributed by atoms with van der Waals surface area (Å²) in [5.41, 5.74) is 7.55. The van der Waals surface area contributed by atoms with Crippen molar-refractivity contribution in [3.8, 4) is 11.3 Å². The summed E-state index contributed by atoms with van der Waals surface area (Å²) in [6.45, 7) is 10.0. The lowest BCUT2D eigenvalue weighted by atomic mass is 10.0. The van der Waals surface area contributed by atoms with Gasteiger partial charge in [0.1, 0.15) is 17.8 Å². The van der Waals surface area contributed by atoms with E-state index in [1.54, 1.807) is 23.1 Å². The van der Waals surface area contributed by atoms with Crippen LogP contribution in [0.5, 0.6) is 0 Å². The monoisotopic (exact) mass is 614 g/mol. The van der Waals surface area contributed by atoms with E-state index in [1.807, 2.05) is 25.7 Å². The number of nitrogens with zero attached hydrogens (tertiary/aromatic N) is 7. The number of rotatable bonds is 5. The Morgan fingerprint density at radius 1 is 1.21 bits per heavy atom. The van der Waals surface area contributed by atoms with Crippen LogP contribution in [0.15, 0.2) is 53.7 Å². The number of carbonyl (C=O) groups is 1. The normalized spacial score (nSPS) is 20.5. The SMILES string of the molecule is C=CC(=O)N1C[C@H](C)N(C2=NS(O)(O)N(c3c(N)ncnc3CCC)c3nc(-c4ccccc4F)c(Cl)cc32)C[C@H]1C. The second-order valence-electron chi connectivity index (χ2n) is 10.2. The van der Waals surface area contributed by atoms with Crippen molar-refractivity contribution in [2.75, 3.05) is 23.1 Å². The third-order valence-electron chi connectivity index (χ3n) is 7.30. The van der Waals surface area contributed by atoms with Crippen molar-refractivity contribution in [1.82, 2.24) is 24.8 Å². The maximum absolute atomic E-state index is 15.0. The lowest BCUT2D eigenvalue weighted by molar-refractivity contribution is -0.130. The van der Waals surface area contributed by atoms with Gasteiger partial charge in [0.2, 0.25) is 5.91 Å². The number of amidine groups is 1. The quantitative estimate of drug-likeness (QED) is 0.319. The number of piperazine rings is 1. The largest absolute Gasteiger partial charge is 0.382 e. The van der Waals surface area contributed by atoms with Crippen LogP contribution in [-0.2, 0) is 11.2 Å². The van der Waals surface area contributed by atoms with E-state index in [9.17, 15) is 18.3 Å². The third-order valence-corrected chi connectivity index (χ3v) is 8.86. The van der Waals surface area contributed by atoms with Crippen LogP contribution < -0.4 is 10.0 Å². The minimum absolute atomic E-state index is 0.000703. The van der Waals surface area contributed by atoms with E-state index in [4.69, 9.17) is 22.3 Å². The molecule has 4 N–H and O–H groups in total. The van der Waals surface area contributed by atoms with Gasteiger partial charge in [0.05, 0.1) is 22.0 Å². The number of aryl methyl sites for hydroxylation is 1. The van der Waals surface area contributed by atoms with Crippen molar-refractivity contribution in [3.63, 3.8) is 0 Å². The number of pyridine rings is 1. The Balaban J connectivity index is 1.75. The molecule has 14 heteroatoms. The average molecular weight is 615 g/mol. The van der Waals surface area contributed by atoms with Crippen molar-refractivity contribution in [1.29, 1.82) is 0 Å². The molecule has 2 atom stereocenters. The van der Waals surface area contributed by atoms with Crippen molar-refractivity contribution in [2.24, 2.45) is 4.40 Å². The summed E-state index contributed by atoms with van der Waals surface area (Å²) < 4.78 is 43.9. The van der Waals surface area contributed by atoms with Crippen molar-refractivity contribution >= 4 is 51.6 Å². The van der Waals surface area contributed by atoms with Gasteiger partial charge in [0.25, 0.3) is 0 Å². The molecule has 3 aromatic rings. The number of anilines is 3. The Morgan fingerprint density at radius 2 is 1.95 bits per heavy atom. The highest BCUT2D eigenvalue weighted by molar-refractivity contribution is 8.24. The number of amides is 1. The molecule has 1 fully saturated rings. The molecule has 0 spiro atoms. The average Bonchev–Trinajstić information content (AvgIpc) is 2.94. The number of hydrogen-bond donors (Lipinski definition) is 3. The first-order chi connectivity index (χ1) is 20.0. The molecule has 4 heterocycles. The fourth-order valence-corrected chi connectivity index (χ4v) is 6.90. The van der Waals surface area contributed by atoms with Crippen molar-refractivity contribution in [3.05, 3.63) is 71.4 Å². The summed E-state index contributed by atoms with van der Waals surface area (Å²) in [5, 5.41) is 0.136. The first-order valence-electron chi connectivity index (χ1n) is 13.4. The molecule has 1 aromatic carbocycles. The second-order valence-corrected chi connectivity index (χ2v) is 12.2. The molecule has 0 aliphatic carbocycles. The second kappa shape index (κ2) is 11.5. The smallest absolute Gasteiger partial charge is 0.246 e. The molecule has 42 heavy (non-hydrogen) atoms. The molecule has 1 amide bonds. The van der Waals surface area contributed by atoms with Crippen molar-refractivity contribution in [2.45, 2.75) is 45.7 Å². The molecule has 2 aliphatic rings. The summed E-state index contributed by atoms with van der Waals surface area (Å²) in [6.07, 6.45) is 3.73. The molecular formula is C28H32ClFN8O3S. The molecule has 11 nitrogen and oxygen atoms in total. The van der Waals surface area contributed by atoms with Gasteiger partial charge in [-0.05, 0) is 55.5 Å². The molecule has 0 saturated carbocycles. The van der Waals surface area contributed by atoms with Gasteiger partial charge in [-0.1, -0.05) is 43.7 Å². The number of hydrogen-bond acceptors (Lipinski definition) is 10. The standard InChI is InChI=1S/C28H32ClFN8O3S/c1-5-9-22-25(26(31)33-15-32-22)38-27-19(12-20(29)24(34-27)18-10-7-8-11-21(18)30)28(35-42(38,40)41)37-14-16(3)36(13-17(37)4)23(39)6-2/h6-8,10-12,15-17,40-41H,2,5,9,13-14H2,1,3-4H3,(H2,31,32,33)/t16-,17+/m1/s1. The van der Waals surface area contributed by atoms with Crippen LogP contribution in [-0.4, -0.2) is 70.8 Å². The first-order valence-corrected chi connectivity index (χ1v) is 15.3. The Morgan fingerprint density at radius 3 is 2.64 bits per heavy atom. The minimum Gasteiger partial charge on any atom is -0.382 e. The van der Waals surface area contributed by atoms with Gasteiger partial charge in [-0.25, -0.2) is 19.3 Å². The predicted molar refractivity (Wildman–Crippen MR) is 164 cm³/mol. The van der Waals surface area contributed by atoms with Crippen LogP contribution in [0.2, 0.25) is 5.02 Å². The zero-order valence-corrected chi connectivity index (χ0v) is 25.0. The number of fused-ring (bicyclic) bond motifs is 1. The van der Waals surface area contributed by atoms with Crippen molar-refractivity contribution < 1.29 is 18.3 Å². The van der Waals surface area contributed by atoms with E-state index in [2.05, 4.69) is 20.9 Å². The highest BCUT2D eigenvalue weighted by atomic mass is 35.5. The van der Waals surface area contributed by atoms with E-state index in [0.29, 0.717) is 37.2 Å². The third kappa shape index (κ3) is 5.17. The maximum Gasteiger partial charge on any atom is 0.246 e. The van der Waals surface area contributed by atoms with Crippen LogP contribution in [0.4, 0.5) is 21.7 Å². The van der Waals surface area contributed by atoms with Gasteiger partial charge >= 0.3 is 0 Å². The molecule has 0 bridgehead atoms. The fourth-order valence-electron chi connectivity index (χ4n) is 5.32. The van der Waals surface area contributed by atoms with E-state index >= 15 is 0 Å². The number of benzene rings is 1. The Labute approximate surface area is 250 Å². The molecule has 222 valence electrons. The highest BCUT2D eigenvalue weighted by Crippen LogP contribution is 2.58.